The van der Waals surface area contributed by atoms with E-state index in [9.17, 15) is 13.2 Å². The first-order valence-electron chi connectivity index (χ1n) is 3.65. The van der Waals surface area contributed by atoms with E-state index < -0.39 is 12.0 Å². The Labute approximate surface area is 76.2 Å². The van der Waals surface area contributed by atoms with Gasteiger partial charge in [0.05, 0.1) is 6.20 Å². The first-order chi connectivity index (χ1) is 6.50. The fraction of sp³-hybridized carbons (Fsp3) is 0.143. The molecule has 7 heteroatoms. The van der Waals surface area contributed by atoms with Crippen LogP contribution >= 0.6 is 0 Å². The van der Waals surface area contributed by atoms with E-state index in [2.05, 4.69) is 9.97 Å². The second-order valence-corrected chi connectivity index (χ2v) is 2.65. The number of imidazole rings is 1. The number of rotatable bonds is 0. The van der Waals surface area contributed by atoms with Crippen molar-refractivity contribution in [2.24, 2.45) is 0 Å². The van der Waals surface area contributed by atoms with Gasteiger partial charge in [-0.3, -0.25) is 9.38 Å². The minimum atomic E-state index is -4.51. The zero-order chi connectivity index (χ0) is 10.3. The van der Waals surface area contributed by atoms with Crippen LogP contribution in [0.5, 0.6) is 0 Å². The van der Waals surface area contributed by atoms with Crippen molar-refractivity contribution in [2.75, 3.05) is 5.73 Å². The van der Waals surface area contributed by atoms with Crippen molar-refractivity contribution in [3.05, 3.63) is 24.4 Å². The predicted molar refractivity (Wildman–Crippen MR) is 42.4 cm³/mol. The molecule has 0 aliphatic heterocycles. The summed E-state index contributed by atoms with van der Waals surface area (Å²) in [6.07, 6.45) is -0.871. The maximum Gasteiger partial charge on any atom is 0.450 e. The minimum absolute atomic E-state index is 0.153. The van der Waals surface area contributed by atoms with Crippen molar-refractivity contribution in [1.29, 1.82) is 0 Å². The monoisotopic (exact) mass is 202 g/mol. The molecular formula is C7H5F3N4. The van der Waals surface area contributed by atoms with Crippen LogP contribution in [0.25, 0.3) is 5.52 Å². The van der Waals surface area contributed by atoms with Gasteiger partial charge >= 0.3 is 6.18 Å². The normalized spacial score (nSPS) is 12.2. The summed E-state index contributed by atoms with van der Waals surface area (Å²) in [7, 11) is 0. The van der Waals surface area contributed by atoms with Gasteiger partial charge < -0.3 is 5.73 Å². The summed E-state index contributed by atoms with van der Waals surface area (Å²) in [4.78, 5) is 6.90. The summed E-state index contributed by atoms with van der Waals surface area (Å²) in [6, 6.07) is 0. The average Bonchev–Trinajstić information content (AvgIpc) is 2.44. The van der Waals surface area contributed by atoms with E-state index in [0.29, 0.717) is 0 Å². The van der Waals surface area contributed by atoms with Crippen LogP contribution in [0.3, 0.4) is 0 Å². The maximum absolute atomic E-state index is 12.4. The summed E-state index contributed by atoms with van der Waals surface area (Å²) >= 11 is 0. The van der Waals surface area contributed by atoms with E-state index in [0.717, 1.165) is 4.40 Å². The molecular weight excluding hydrogens is 197 g/mol. The molecule has 2 rings (SSSR count). The zero-order valence-corrected chi connectivity index (χ0v) is 6.78. The Kier molecular flexibility index (Phi) is 1.63. The molecule has 0 fully saturated rings. The van der Waals surface area contributed by atoms with Crippen LogP contribution < -0.4 is 5.73 Å². The largest absolute Gasteiger partial charge is 0.450 e. The van der Waals surface area contributed by atoms with Crippen LogP contribution in [0.15, 0.2) is 18.6 Å². The summed E-state index contributed by atoms with van der Waals surface area (Å²) in [6.45, 7) is 0. The molecule has 0 aromatic carbocycles. The summed E-state index contributed by atoms with van der Waals surface area (Å²) in [5, 5.41) is 0. The second-order valence-electron chi connectivity index (χ2n) is 2.65. The van der Waals surface area contributed by atoms with Gasteiger partial charge in [-0.05, 0) is 0 Å². The lowest BCUT2D eigenvalue weighted by molar-refractivity contribution is -0.145. The van der Waals surface area contributed by atoms with Crippen molar-refractivity contribution in [3.8, 4) is 0 Å². The number of nitrogen functional groups attached to an aromatic ring is 1. The van der Waals surface area contributed by atoms with Gasteiger partial charge in [0.15, 0.2) is 5.82 Å². The number of aromatic nitrogens is 3. The average molecular weight is 202 g/mol. The molecule has 0 saturated heterocycles. The number of fused-ring (bicyclic) bond motifs is 1. The SMILES string of the molecule is Nc1nc(C(F)(F)F)n2ccncc12. The number of hydrogen-bond donors (Lipinski definition) is 1. The van der Waals surface area contributed by atoms with E-state index in [-0.39, 0.29) is 11.3 Å². The first kappa shape index (κ1) is 8.79. The van der Waals surface area contributed by atoms with Crippen LogP contribution in [-0.2, 0) is 6.18 Å². The number of nitrogens with zero attached hydrogens (tertiary/aromatic N) is 3. The highest BCUT2D eigenvalue weighted by Crippen LogP contribution is 2.30. The third-order valence-electron chi connectivity index (χ3n) is 1.73. The zero-order valence-electron chi connectivity index (χ0n) is 6.78. The Morgan fingerprint density at radius 1 is 1.36 bits per heavy atom. The lowest BCUT2D eigenvalue weighted by atomic mass is 10.5. The van der Waals surface area contributed by atoms with Crippen LogP contribution in [-0.4, -0.2) is 14.4 Å². The fourth-order valence-electron chi connectivity index (χ4n) is 1.16. The van der Waals surface area contributed by atoms with Gasteiger partial charge in [0.1, 0.15) is 5.52 Å². The number of hydrogen-bond acceptors (Lipinski definition) is 3. The molecule has 0 radical (unpaired) electrons. The Morgan fingerprint density at radius 3 is 2.71 bits per heavy atom. The number of alkyl halides is 3. The van der Waals surface area contributed by atoms with E-state index in [1.807, 2.05) is 0 Å². The molecule has 4 nitrogen and oxygen atoms in total. The quantitative estimate of drug-likeness (QED) is 0.701. The Hall–Kier alpha value is -1.79. The summed E-state index contributed by atoms with van der Waals surface area (Å²) in [5.74, 6) is -1.21. The number of nitrogens with two attached hydrogens (primary N) is 1. The molecule has 2 aromatic heterocycles. The molecule has 0 aliphatic carbocycles. The van der Waals surface area contributed by atoms with Gasteiger partial charge in [0.2, 0.25) is 5.82 Å². The molecule has 14 heavy (non-hydrogen) atoms. The summed E-state index contributed by atoms with van der Waals surface area (Å²) < 4.78 is 38.0. The Balaban J connectivity index is 2.80. The Bertz CT molecular complexity index is 473. The smallest absolute Gasteiger partial charge is 0.382 e. The van der Waals surface area contributed by atoms with E-state index >= 15 is 0 Å². The third kappa shape index (κ3) is 1.17. The van der Waals surface area contributed by atoms with Crippen molar-refractivity contribution < 1.29 is 13.2 Å². The Morgan fingerprint density at radius 2 is 2.07 bits per heavy atom. The second kappa shape index (κ2) is 2.60. The molecule has 0 atom stereocenters. The lowest BCUT2D eigenvalue weighted by Crippen LogP contribution is -2.10. The van der Waals surface area contributed by atoms with Crippen LogP contribution in [0, 0.1) is 0 Å². The van der Waals surface area contributed by atoms with Crippen molar-refractivity contribution >= 4 is 11.3 Å². The molecule has 0 bridgehead atoms. The van der Waals surface area contributed by atoms with Gasteiger partial charge in [-0.2, -0.15) is 13.2 Å². The standard InChI is InChI=1S/C7H5F3N4/c8-7(9,10)6-13-5(11)4-3-12-1-2-14(4)6/h1-3H,11H2. The predicted octanol–water partition coefficient (Wildman–Crippen LogP) is 1.33. The van der Waals surface area contributed by atoms with Crippen LogP contribution in [0.4, 0.5) is 19.0 Å². The lowest BCUT2D eigenvalue weighted by Gasteiger charge is -2.03. The van der Waals surface area contributed by atoms with Crippen LogP contribution in [0.2, 0.25) is 0 Å². The molecule has 0 saturated carbocycles. The minimum Gasteiger partial charge on any atom is -0.382 e. The van der Waals surface area contributed by atoms with Gasteiger partial charge in [-0.25, -0.2) is 4.98 Å². The molecule has 0 aliphatic rings. The number of anilines is 1. The molecule has 0 unspecified atom stereocenters. The van der Waals surface area contributed by atoms with Crippen molar-refractivity contribution in [2.45, 2.75) is 6.18 Å². The molecule has 0 amide bonds. The molecule has 0 spiro atoms. The number of halogens is 3. The van der Waals surface area contributed by atoms with Gasteiger partial charge in [-0.1, -0.05) is 0 Å². The highest BCUT2D eigenvalue weighted by Gasteiger charge is 2.36. The third-order valence-corrected chi connectivity index (χ3v) is 1.73. The molecule has 2 heterocycles. The first-order valence-corrected chi connectivity index (χ1v) is 3.65. The summed E-state index contributed by atoms with van der Waals surface area (Å²) in [5.41, 5.74) is 5.45. The van der Waals surface area contributed by atoms with Gasteiger partial charge in [0.25, 0.3) is 0 Å². The van der Waals surface area contributed by atoms with Crippen LogP contribution in [0.1, 0.15) is 5.82 Å². The molecule has 2 N–H and O–H groups in total. The van der Waals surface area contributed by atoms with E-state index in [4.69, 9.17) is 5.73 Å². The topological polar surface area (TPSA) is 56.2 Å². The highest BCUT2D eigenvalue weighted by atomic mass is 19.4. The molecule has 2 aromatic rings. The molecule has 74 valence electrons. The van der Waals surface area contributed by atoms with E-state index in [1.165, 1.54) is 18.6 Å². The van der Waals surface area contributed by atoms with Crippen molar-refractivity contribution in [1.82, 2.24) is 14.4 Å². The van der Waals surface area contributed by atoms with E-state index in [1.54, 1.807) is 0 Å². The fourth-order valence-corrected chi connectivity index (χ4v) is 1.16. The highest BCUT2D eigenvalue weighted by molar-refractivity contribution is 5.65. The van der Waals surface area contributed by atoms with Crippen molar-refractivity contribution in [3.63, 3.8) is 0 Å². The maximum atomic E-state index is 12.4. The van der Waals surface area contributed by atoms with Gasteiger partial charge in [0, 0.05) is 12.4 Å². The van der Waals surface area contributed by atoms with Gasteiger partial charge in [-0.15, -0.1) is 0 Å².